The van der Waals surface area contributed by atoms with Gasteiger partial charge in [0.2, 0.25) is 0 Å². The van der Waals surface area contributed by atoms with Gasteiger partial charge in [-0.2, -0.15) is 0 Å². The van der Waals surface area contributed by atoms with Gasteiger partial charge in [-0.25, -0.2) is 0 Å². The number of ether oxygens (including phenoxy) is 1. The summed E-state index contributed by atoms with van der Waals surface area (Å²) in [6.45, 7) is 2.31. The van der Waals surface area contributed by atoms with Gasteiger partial charge in [0.15, 0.2) is 0 Å². The van der Waals surface area contributed by atoms with Crippen LogP contribution in [0.15, 0.2) is 0 Å². The van der Waals surface area contributed by atoms with Crippen molar-refractivity contribution in [3.8, 4) is 0 Å². The van der Waals surface area contributed by atoms with Crippen molar-refractivity contribution in [1.29, 1.82) is 0 Å². The van der Waals surface area contributed by atoms with Crippen LogP contribution in [0, 0.1) is 23.7 Å². The van der Waals surface area contributed by atoms with Crippen molar-refractivity contribution in [3.05, 3.63) is 0 Å². The van der Waals surface area contributed by atoms with Gasteiger partial charge < -0.3 is 4.74 Å². The second kappa shape index (κ2) is 7.84. The van der Waals surface area contributed by atoms with E-state index in [-0.39, 0.29) is 18.0 Å². The zero-order valence-electron chi connectivity index (χ0n) is 14.4. The molecule has 0 aromatic carbocycles. The molecule has 3 rings (SSSR count). The molecule has 0 heterocycles. The quantitative estimate of drug-likeness (QED) is 0.644. The Hall–Kier alpha value is -0.530. The summed E-state index contributed by atoms with van der Waals surface area (Å²) in [5.74, 6) is 3.02. The highest BCUT2D eigenvalue weighted by atomic mass is 16.5. The second-order valence-electron chi connectivity index (χ2n) is 8.33. The van der Waals surface area contributed by atoms with Crippen molar-refractivity contribution >= 4 is 5.97 Å². The molecule has 0 aliphatic heterocycles. The fraction of sp³-hybridized carbons (Fsp3) is 0.950. The zero-order chi connectivity index (χ0) is 15.4. The van der Waals surface area contributed by atoms with Crippen molar-refractivity contribution in [1.82, 2.24) is 0 Å². The third-order valence-corrected chi connectivity index (χ3v) is 6.67. The number of hydrogen-bond acceptors (Lipinski definition) is 2. The number of esters is 1. The van der Waals surface area contributed by atoms with Crippen LogP contribution in [-0.4, -0.2) is 12.1 Å². The summed E-state index contributed by atoms with van der Waals surface area (Å²) < 4.78 is 5.82. The fourth-order valence-electron chi connectivity index (χ4n) is 5.04. The van der Waals surface area contributed by atoms with Gasteiger partial charge in [-0.15, -0.1) is 0 Å². The maximum atomic E-state index is 12.4. The SMILES string of the molecule is CC1CCC(OC(=O)C2CCC(C3CCCCC3)CC2)CC1. The first kappa shape index (κ1) is 16.3. The van der Waals surface area contributed by atoms with Gasteiger partial charge in [0.05, 0.1) is 5.92 Å². The van der Waals surface area contributed by atoms with Crippen LogP contribution in [0.2, 0.25) is 0 Å². The minimum absolute atomic E-state index is 0.127. The number of rotatable bonds is 3. The van der Waals surface area contributed by atoms with Crippen LogP contribution >= 0.6 is 0 Å². The molecule has 0 spiro atoms. The highest BCUT2D eigenvalue weighted by Gasteiger charge is 2.33. The Morgan fingerprint density at radius 2 is 1.32 bits per heavy atom. The summed E-state index contributed by atoms with van der Waals surface area (Å²) >= 11 is 0. The molecule has 3 aliphatic rings. The highest BCUT2D eigenvalue weighted by molar-refractivity contribution is 5.72. The monoisotopic (exact) mass is 306 g/mol. The Labute approximate surface area is 136 Å². The molecule has 0 aromatic heterocycles. The number of carbonyl (C=O) groups is 1. The molecule has 0 atom stereocenters. The normalized spacial score (nSPS) is 37.7. The van der Waals surface area contributed by atoms with Crippen molar-refractivity contribution in [2.24, 2.45) is 23.7 Å². The molecule has 0 N–H and O–H groups in total. The topological polar surface area (TPSA) is 26.3 Å². The van der Waals surface area contributed by atoms with Gasteiger partial charge in [-0.1, -0.05) is 39.0 Å². The average molecular weight is 306 g/mol. The van der Waals surface area contributed by atoms with Gasteiger partial charge in [-0.05, 0) is 69.1 Å². The van der Waals surface area contributed by atoms with Gasteiger partial charge in [0.1, 0.15) is 6.10 Å². The molecule has 0 unspecified atom stereocenters. The number of carbonyl (C=O) groups excluding carboxylic acids is 1. The lowest BCUT2D eigenvalue weighted by Crippen LogP contribution is -2.31. The van der Waals surface area contributed by atoms with E-state index in [0.717, 1.165) is 43.4 Å². The molecular weight excluding hydrogens is 272 g/mol. The van der Waals surface area contributed by atoms with E-state index >= 15 is 0 Å². The van der Waals surface area contributed by atoms with Crippen LogP contribution in [0.1, 0.15) is 90.4 Å². The summed E-state index contributed by atoms with van der Waals surface area (Å²) in [6.07, 6.45) is 16.8. The summed E-state index contributed by atoms with van der Waals surface area (Å²) in [5.41, 5.74) is 0. The largest absolute Gasteiger partial charge is 0.462 e. The summed E-state index contributed by atoms with van der Waals surface area (Å²) in [5, 5.41) is 0. The Bertz CT molecular complexity index is 343. The van der Waals surface area contributed by atoms with Gasteiger partial charge >= 0.3 is 5.97 Å². The third-order valence-electron chi connectivity index (χ3n) is 6.67. The maximum Gasteiger partial charge on any atom is 0.309 e. The third kappa shape index (κ3) is 4.26. The lowest BCUT2D eigenvalue weighted by atomic mass is 9.71. The van der Waals surface area contributed by atoms with Crippen LogP contribution in [0.25, 0.3) is 0 Å². The lowest BCUT2D eigenvalue weighted by molar-refractivity contribution is -0.157. The van der Waals surface area contributed by atoms with Crippen LogP contribution in [-0.2, 0) is 9.53 Å². The van der Waals surface area contributed by atoms with E-state index in [4.69, 9.17) is 4.74 Å². The van der Waals surface area contributed by atoms with Crippen molar-refractivity contribution in [2.75, 3.05) is 0 Å². The van der Waals surface area contributed by atoms with E-state index in [1.54, 1.807) is 0 Å². The minimum atomic E-state index is 0.127. The predicted octanol–water partition coefficient (Wildman–Crippen LogP) is 5.50. The lowest BCUT2D eigenvalue weighted by Gasteiger charge is -2.35. The first-order valence-electron chi connectivity index (χ1n) is 9.93. The Balaban J connectivity index is 1.39. The Morgan fingerprint density at radius 3 is 1.95 bits per heavy atom. The van der Waals surface area contributed by atoms with Crippen molar-refractivity contribution in [3.63, 3.8) is 0 Å². The van der Waals surface area contributed by atoms with Gasteiger partial charge in [0, 0.05) is 0 Å². The van der Waals surface area contributed by atoms with E-state index < -0.39 is 0 Å². The first-order valence-corrected chi connectivity index (χ1v) is 9.93. The zero-order valence-corrected chi connectivity index (χ0v) is 14.4. The molecule has 0 amide bonds. The molecule has 0 radical (unpaired) electrons. The average Bonchev–Trinajstić information content (AvgIpc) is 2.58. The molecule has 22 heavy (non-hydrogen) atoms. The van der Waals surface area contributed by atoms with Crippen LogP contribution in [0.4, 0.5) is 0 Å². The second-order valence-corrected chi connectivity index (χ2v) is 8.33. The smallest absolute Gasteiger partial charge is 0.309 e. The highest BCUT2D eigenvalue weighted by Crippen LogP contribution is 2.40. The predicted molar refractivity (Wildman–Crippen MR) is 89.5 cm³/mol. The molecule has 0 aromatic rings. The summed E-state index contributed by atoms with van der Waals surface area (Å²) in [7, 11) is 0. The molecule has 2 heteroatoms. The molecule has 0 saturated heterocycles. The van der Waals surface area contributed by atoms with E-state index in [2.05, 4.69) is 6.92 Å². The molecule has 3 saturated carbocycles. The van der Waals surface area contributed by atoms with Crippen molar-refractivity contribution < 1.29 is 9.53 Å². The van der Waals surface area contributed by atoms with E-state index in [0.29, 0.717) is 0 Å². The summed E-state index contributed by atoms with van der Waals surface area (Å²) in [6, 6.07) is 0. The standard InChI is InChI=1S/C20H34O2/c1-15-7-13-19(14-8-15)22-20(21)18-11-9-17(10-12-18)16-5-3-2-4-6-16/h15-19H,2-14H2,1H3. The Kier molecular flexibility index (Phi) is 5.82. The van der Waals surface area contributed by atoms with Crippen molar-refractivity contribution in [2.45, 2.75) is 96.5 Å². The molecular formula is C20H34O2. The number of hydrogen-bond donors (Lipinski definition) is 0. The van der Waals surface area contributed by atoms with Crippen LogP contribution in [0.3, 0.4) is 0 Å². The maximum absolute atomic E-state index is 12.4. The van der Waals surface area contributed by atoms with Crippen LogP contribution in [0.5, 0.6) is 0 Å². The molecule has 2 nitrogen and oxygen atoms in total. The molecule has 3 fully saturated rings. The molecule has 0 bridgehead atoms. The first-order chi connectivity index (χ1) is 10.7. The minimum Gasteiger partial charge on any atom is -0.462 e. The van der Waals surface area contributed by atoms with E-state index in [1.807, 2.05) is 0 Å². The van der Waals surface area contributed by atoms with E-state index in [9.17, 15) is 4.79 Å². The fourth-order valence-corrected chi connectivity index (χ4v) is 5.04. The molecule has 126 valence electrons. The van der Waals surface area contributed by atoms with E-state index in [1.165, 1.54) is 57.8 Å². The Morgan fingerprint density at radius 1 is 0.727 bits per heavy atom. The van der Waals surface area contributed by atoms with Gasteiger partial charge in [-0.3, -0.25) is 4.79 Å². The van der Waals surface area contributed by atoms with Gasteiger partial charge in [0.25, 0.3) is 0 Å². The molecule has 3 aliphatic carbocycles. The van der Waals surface area contributed by atoms with Crippen LogP contribution < -0.4 is 0 Å². The summed E-state index contributed by atoms with van der Waals surface area (Å²) in [4.78, 5) is 12.4.